The third-order valence-electron chi connectivity index (χ3n) is 4.60. The van der Waals surface area contributed by atoms with Crippen LogP contribution in [0.15, 0.2) is 4.52 Å². The molecule has 2 saturated heterocycles. The van der Waals surface area contributed by atoms with Crippen LogP contribution in [-0.4, -0.2) is 53.9 Å². The summed E-state index contributed by atoms with van der Waals surface area (Å²) >= 11 is 0. The fourth-order valence-corrected chi connectivity index (χ4v) is 3.33. The van der Waals surface area contributed by atoms with Crippen LogP contribution in [0, 0.1) is 0 Å². The van der Waals surface area contributed by atoms with E-state index in [2.05, 4.69) is 29.2 Å². The minimum atomic E-state index is 0.183. The molecule has 0 amide bonds. The van der Waals surface area contributed by atoms with E-state index in [9.17, 15) is 0 Å². The molecule has 3 atom stereocenters. The highest BCUT2D eigenvalue weighted by Gasteiger charge is 2.32. The molecule has 0 radical (unpaired) electrons. The highest BCUT2D eigenvalue weighted by Crippen LogP contribution is 2.31. The van der Waals surface area contributed by atoms with Gasteiger partial charge in [0.2, 0.25) is 5.89 Å². The Kier molecular flexibility index (Phi) is 4.87. The predicted octanol–water partition coefficient (Wildman–Crippen LogP) is 1.71. The lowest BCUT2D eigenvalue weighted by Gasteiger charge is -2.33. The van der Waals surface area contributed by atoms with Gasteiger partial charge in [-0.15, -0.1) is 0 Å². The number of rotatable bonds is 5. The quantitative estimate of drug-likeness (QED) is 0.892. The first-order valence-corrected chi connectivity index (χ1v) is 8.19. The third kappa shape index (κ3) is 3.27. The zero-order valence-electron chi connectivity index (χ0n) is 13.0. The maximum atomic E-state index is 5.61. The van der Waals surface area contributed by atoms with Gasteiger partial charge in [0.25, 0.3) is 0 Å². The third-order valence-corrected chi connectivity index (χ3v) is 4.60. The smallest absolute Gasteiger partial charge is 0.232 e. The summed E-state index contributed by atoms with van der Waals surface area (Å²) in [6, 6.07) is 0.284. The molecule has 1 aromatic rings. The number of nitrogens with zero attached hydrogens (tertiary/aromatic N) is 3. The molecule has 3 rings (SSSR count). The van der Waals surface area contributed by atoms with E-state index in [0.717, 1.165) is 63.8 Å². The van der Waals surface area contributed by atoms with Crippen molar-refractivity contribution in [1.29, 1.82) is 0 Å². The molecule has 6 heteroatoms. The lowest BCUT2D eigenvalue weighted by molar-refractivity contribution is 0.113. The van der Waals surface area contributed by atoms with Gasteiger partial charge < -0.3 is 14.6 Å². The van der Waals surface area contributed by atoms with E-state index in [4.69, 9.17) is 14.2 Å². The summed E-state index contributed by atoms with van der Waals surface area (Å²) in [6.07, 6.45) is 3.37. The van der Waals surface area contributed by atoms with Crippen LogP contribution in [0.3, 0.4) is 0 Å². The molecule has 0 spiro atoms. The number of nitrogens with one attached hydrogen (secondary N) is 1. The summed E-state index contributed by atoms with van der Waals surface area (Å²) in [6.45, 7) is 9.27. The molecule has 3 heterocycles. The molecule has 0 bridgehead atoms. The Balaban J connectivity index is 1.74. The first kappa shape index (κ1) is 14.9. The molecular formula is C15H26N4O2. The SMILES string of the molecule is CCCC(c1noc(C2CCOC2C)n1)N1CCNCC1. The Morgan fingerprint density at radius 1 is 1.38 bits per heavy atom. The minimum Gasteiger partial charge on any atom is -0.378 e. The van der Waals surface area contributed by atoms with Crippen molar-refractivity contribution in [3.8, 4) is 0 Å². The van der Waals surface area contributed by atoms with Crippen LogP contribution >= 0.6 is 0 Å². The van der Waals surface area contributed by atoms with Crippen molar-refractivity contribution in [3.05, 3.63) is 11.7 Å². The van der Waals surface area contributed by atoms with E-state index in [1.54, 1.807) is 0 Å². The van der Waals surface area contributed by atoms with Crippen LogP contribution in [-0.2, 0) is 4.74 Å². The van der Waals surface area contributed by atoms with Crippen molar-refractivity contribution in [1.82, 2.24) is 20.4 Å². The van der Waals surface area contributed by atoms with Crippen molar-refractivity contribution in [2.24, 2.45) is 0 Å². The molecule has 1 aromatic heterocycles. The first-order valence-electron chi connectivity index (χ1n) is 8.19. The van der Waals surface area contributed by atoms with Gasteiger partial charge in [0.15, 0.2) is 5.82 Å². The van der Waals surface area contributed by atoms with Crippen LogP contribution in [0.4, 0.5) is 0 Å². The normalized spacial score (nSPS) is 28.9. The van der Waals surface area contributed by atoms with Crippen molar-refractivity contribution >= 4 is 0 Å². The van der Waals surface area contributed by atoms with E-state index >= 15 is 0 Å². The molecule has 0 aliphatic carbocycles. The van der Waals surface area contributed by atoms with Crippen molar-refractivity contribution in [2.75, 3.05) is 32.8 Å². The average molecular weight is 294 g/mol. The molecule has 0 saturated carbocycles. The summed E-state index contributed by atoms with van der Waals surface area (Å²) < 4.78 is 11.2. The van der Waals surface area contributed by atoms with Gasteiger partial charge in [-0.1, -0.05) is 18.5 Å². The fourth-order valence-electron chi connectivity index (χ4n) is 3.33. The van der Waals surface area contributed by atoms with Gasteiger partial charge in [0, 0.05) is 32.8 Å². The van der Waals surface area contributed by atoms with Crippen LogP contribution in [0.1, 0.15) is 56.8 Å². The summed E-state index contributed by atoms with van der Waals surface area (Å²) in [5.74, 6) is 1.87. The second-order valence-electron chi connectivity index (χ2n) is 6.05. The molecular weight excluding hydrogens is 268 g/mol. The highest BCUT2D eigenvalue weighted by atomic mass is 16.5. The minimum absolute atomic E-state index is 0.183. The monoisotopic (exact) mass is 294 g/mol. The van der Waals surface area contributed by atoms with E-state index < -0.39 is 0 Å². The summed E-state index contributed by atoms with van der Waals surface area (Å²) in [7, 11) is 0. The van der Waals surface area contributed by atoms with Gasteiger partial charge >= 0.3 is 0 Å². The van der Waals surface area contributed by atoms with Crippen LogP contribution in [0.5, 0.6) is 0 Å². The van der Waals surface area contributed by atoms with Crippen molar-refractivity contribution in [2.45, 2.75) is 51.2 Å². The Morgan fingerprint density at radius 3 is 2.86 bits per heavy atom. The van der Waals surface area contributed by atoms with Crippen molar-refractivity contribution < 1.29 is 9.26 Å². The topological polar surface area (TPSA) is 63.4 Å². The van der Waals surface area contributed by atoms with Gasteiger partial charge in [0.05, 0.1) is 18.1 Å². The number of hydrogen-bond acceptors (Lipinski definition) is 6. The standard InChI is InChI=1S/C15H26N4O2/c1-3-4-13(19-8-6-16-7-9-19)14-17-15(21-18-14)12-5-10-20-11(12)2/h11-13,16H,3-10H2,1-2H3. The molecule has 2 aliphatic heterocycles. The molecule has 2 fully saturated rings. The largest absolute Gasteiger partial charge is 0.378 e. The summed E-state index contributed by atoms with van der Waals surface area (Å²) in [5, 5.41) is 7.68. The maximum Gasteiger partial charge on any atom is 0.232 e. The van der Waals surface area contributed by atoms with Gasteiger partial charge in [-0.3, -0.25) is 4.90 Å². The molecule has 21 heavy (non-hydrogen) atoms. The average Bonchev–Trinajstić information content (AvgIpc) is 3.14. The summed E-state index contributed by atoms with van der Waals surface area (Å²) in [5.41, 5.74) is 0. The number of aromatic nitrogens is 2. The lowest BCUT2D eigenvalue weighted by Crippen LogP contribution is -2.45. The maximum absolute atomic E-state index is 5.61. The number of piperazine rings is 1. The zero-order chi connectivity index (χ0) is 14.7. The Morgan fingerprint density at radius 2 is 2.19 bits per heavy atom. The van der Waals surface area contributed by atoms with E-state index in [0.29, 0.717) is 0 Å². The lowest BCUT2D eigenvalue weighted by atomic mass is 10.0. The van der Waals surface area contributed by atoms with Gasteiger partial charge in [0.1, 0.15) is 0 Å². The Labute approximate surface area is 126 Å². The van der Waals surface area contributed by atoms with Crippen LogP contribution in [0.2, 0.25) is 0 Å². The van der Waals surface area contributed by atoms with E-state index in [1.807, 2.05) is 0 Å². The van der Waals surface area contributed by atoms with Gasteiger partial charge in [-0.2, -0.15) is 4.98 Å². The Hall–Kier alpha value is -0.980. The molecule has 3 unspecified atom stereocenters. The van der Waals surface area contributed by atoms with E-state index in [-0.39, 0.29) is 18.1 Å². The van der Waals surface area contributed by atoms with Gasteiger partial charge in [-0.05, 0) is 19.8 Å². The predicted molar refractivity (Wildman–Crippen MR) is 79.2 cm³/mol. The van der Waals surface area contributed by atoms with Crippen molar-refractivity contribution in [3.63, 3.8) is 0 Å². The second kappa shape index (κ2) is 6.85. The molecule has 118 valence electrons. The summed E-state index contributed by atoms with van der Waals surface area (Å²) in [4.78, 5) is 7.19. The second-order valence-corrected chi connectivity index (χ2v) is 6.05. The van der Waals surface area contributed by atoms with E-state index in [1.165, 1.54) is 0 Å². The molecule has 0 aromatic carbocycles. The highest BCUT2D eigenvalue weighted by molar-refractivity contribution is 5.02. The first-order chi connectivity index (χ1) is 10.3. The Bertz CT molecular complexity index is 445. The van der Waals surface area contributed by atoms with Crippen LogP contribution < -0.4 is 5.32 Å². The van der Waals surface area contributed by atoms with Crippen LogP contribution in [0.25, 0.3) is 0 Å². The molecule has 2 aliphatic rings. The number of hydrogen-bond donors (Lipinski definition) is 1. The van der Waals surface area contributed by atoms with Gasteiger partial charge in [-0.25, -0.2) is 0 Å². The zero-order valence-corrected chi connectivity index (χ0v) is 13.0. The molecule has 1 N–H and O–H groups in total. The molecule has 6 nitrogen and oxygen atoms in total. The fraction of sp³-hybridized carbons (Fsp3) is 0.867. The number of ether oxygens (including phenoxy) is 1.